The van der Waals surface area contributed by atoms with Crippen LogP contribution in [0.2, 0.25) is 0 Å². The topological polar surface area (TPSA) is 71.1 Å². The third kappa shape index (κ3) is 5.73. The van der Waals surface area contributed by atoms with E-state index >= 15 is 0 Å². The van der Waals surface area contributed by atoms with E-state index in [4.69, 9.17) is 9.47 Å². The van der Waals surface area contributed by atoms with Crippen molar-refractivity contribution in [1.82, 2.24) is 4.90 Å². The van der Waals surface area contributed by atoms with Crippen LogP contribution in [-0.2, 0) is 16.0 Å². The van der Waals surface area contributed by atoms with Crippen LogP contribution in [-0.4, -0.2) is 56.9 Å². The first-order chi connectivity index (χ1) is 14.6. The first kappa shape index (κ1) is 21.6. The third-order valence-electron chi connectivity index (χ3n) is 4.91. The van der Waals surface area contributed by atoms with Gasteiger partial charge in [-0.2, -0.15) is 0 Å². The number of nitrogens with one attached hydrogen (secondary N) is 1. The molecule has 2 amide bonds. The third-order valence-corrected chi connectivity index (χ3v) is 4.91. The van der Waals surface area contributed by atoms with Gasteiger partial charge >= 0.3 is 12.0 Å². The number of ether oxygens (including phenoxy) is 2. The van der Waals surface area contributed by atoms with Crippen LogP contribution < -0.4 is 10.2 Å². The number of para-hydroxylation sites is 1. The second kappa shape index (κ2) is 10.6. The van der Waals surface area contributed by atoms with Gasteiger partial charge in [-0.05, 0) is 42.3 Å². The predicted octanol–water partition coefficient (Wildman–Crippen LogP) is 3.75. The maximum atomic E-state index is 12.7. The number of hydrogen-bond donors (Lipinski definition) is 1. The summed E-state index contributed by atoms with van der Waals surface area (Å²) in [5, 5.41) is 2.87. The average Bonchev–Trinajstić information content (AvgIpc) is 2.79. The van der Waals surface area contributed by atoms with Crippen molar-refractivity contribution >= 4 is 23.4 Å². The smallest absolute Gasteiger partial charge is 0.338 e. The van der Waals surface area contributed by atoms with E-state index in [1.807, 2.05) is 25.1 Å². The number of amides is 2. The number of urea groups is 1. The molecule has 1 heterocycles. The fraction of sp³-hybridized carbons (Fsp3) is 0.391. The SMILES string of the molecule is CCCOC(=O)c1ccc(NC(=O)N(C)Cc2ccccc2N2CCOCC2)cc1. The van der Waals surface area contributed by atoms with Gasteiger partial charge in [0.1, 0.15) is 0 Å². The lowest BCUT2D eigenvalue weighted by atomic mass is 10.1. The van der Waals surface area contributed by atoms with E-state index in [1.54, 1.807) is 36.2 Å². The van der Waals surface area contributed by atoms with E-state index in [9.17, 15) is 9.59 Å². The zero-order valence-electron chi connectivity index (χ0n) is 17.6. The van der Waals surface area contributed by atoms with Gasteiger partial charge in [-0.25, -0.2) is 9.59 Å². The highest BCUT2D eigenvalue weighted by Gasteiger charge is 2.17. The molecule has 1 saturated heterocycles. The van der Waals surface area contributed by atoms with Gasteiger partial charge in [0.05, 0.1) is 25.4 Å². The molecule has 0 bridgehead atoms. The van der Waals surface area contributed by atoms with Gasteiger partial charge in [0, 0.05) is 38.1 Å². The van der Waals surface area contributed by atoms with E-state index in [0.29, 0.717) is 37.6 Å². The van der Waals surface area contributed by atoms with Crippen LogP contribution >= 0.6 is 0 Å². The van der Waals surface area contributed by atoms with Gasteiger partial charge < -0.3 is 24.6 Å². The molecule has 0 saturated carbocycles. The molecule has 1 aliphatic rings. The molecule has 7 heteroatoms. The average molecular weight is 412 g/mol. The standard InChI is InChI=1S/C23H29N3O4/c1-3-14-30-22(27)18-8-10-20(11-9-18)24-23(28)25(2)17-19-6-4-5-7-21(19)26-12-15-29-16-13-26/h4-11H,3,12-17H2,1-2H3,(H,24,28). The summed E-state index contributed by atoms with van der Waals surface area (Å²) >= 11 is 0. The molecule has 0 radical (unpaired) electrons. The molecule has 7 nitrogen and oxygen atoms in total. The first-order valence-electron chi connectivity index (χ1n) is 10.3. The molecule has 0 spiro atoms. The number of esters is 1. The maximum absolute atomic E-state index is 12.7. The molecule has 2 aromatic rings. The van der Waals surface area contributed by atoms with Gasteiger partial charge in [0.25, 0.3) is 0 Å². The summed E-state index contributed by atoms with van der Waals surface area (Å²) in [6, 6.07) is 14.6. The monoisotopic (exact) mass is 411 g/mol. The molecular weight excluding hydrogens is 382 g/mol. The van der Waals surface area contributed by atoms with E-state index in [1.165, 1.54) is 0 Å². The number of carbonyl (C=O) groups excluding carboxylic acids is 2. The first-order valence-corrected chi connectivity index (χ1v) is 10.3. The van der Waals surface area contributed by atoms with Crippen molar-refractivity contribution in [2.24, 2.45) is 0 Å². The Morgan fingerprint density at radius 3 is 2.50 bits per heavy atom. The molecule has 3 rings (SSSR count). The van der Waals surface area contributed by atoms with Gasteiger partial charge in [-0.1, -0.05) is 25.1 Å². The van der Waals surface area contributed by atoms with Crippen LogP contribution in [0.4, 0.5) is 16.2 Å². The van der Waals surface area contributed by atoms with Crippen molar-refractivity contribution in [3.05, 3.63) is 59.7 Å². The van der Waals surface area contributed by atoms with Gasteiger partial charge in [-0.3, -0.25) is 0 Å². The number of morpholine rings is 1. The van der Waals surface area contributed by atoms with Crippen molar-refractivity contribution in [3.8, 4) is 0 Å². The van der Waals surface area contributed by atoms with Crippen LogP contribution in [0.5, 0.6) is 0 Å². The molecule has 1 N–H and O–H groups in total. The summed E-state index contributed by atoms with van der Waals surface area (Å²) < 4.78 is 10.6. The van der Waals surface area contributed by atoms with E-state index in [0.717, 1.165) is 30.8 Å². The minimum atomic E-state index is -0.355. The largest absolute Gasteiger partial charge is 0.462 e. The van der Waals surface area contributed by atoms with E-state index < -0.39 is 0 Å². The number of rotatable bonds is 7. The summed E-state index contributed by atoms with van der Waals surface area (Å²) in [5.74, 6) is -0.355. The molecule has 1 fully saturated rings. The summed E-state index contributed by atoms with van der Waals surface area (Å²) in [6.07, 6.45) is 0.779. The Balaban J connectivity index is 1.59. The molecule has 0 atom stereocenters. The van der Waals surface area contributed by atoms with E-state index in [-0.39, 0.29) is 12.0 Å². The molecular formula is C23H29N3O4. The van der Waals surface area contributed by atoms with Crippen LogP contribution in [0.1, 0.15) is 29.3 Å². The van der Waals surface area contributed by atoms with Crippen LogP contribution in [0.25, 0.3) is 0 Å². The fourth-order valence-corrected chi connectivity index (χ4v) is 3.27. The lowest BCUT2D eigenvalue weighted by Crippen LogP contribution is -2.37. The van der Waals surface area contributed by atoms with Crippen LogP contribution in [0.3, 0.4) is 0 Å². The zero-order valence-corrected chi connectivity index (χ0v) is 17.6. The van der Waals surface area contributed by atoms with Gasteiger partial charge in [0.2, 0.25) is 0 Å². The minimum Gasteiger partial charge on any atom is -0.462 e. The fourth-order valence-electron chi connectivity index (χ4n) is 3.27. The molecule has 2 aromatic carbocycles. The Morgan fingerprint density at radius 2 is 1.80 bits per heavy atom. The Labute approximate surface area is 177 Å². The summed E-state index contributed by atoms with van der Waals surface area (Å²) in [4.78, 5) is 28.5. The van der Waals surface area contributed by atoms with Gasteiger partial charge in [-0.15, -0.1) is 0 Å². The number of carbonyl (C=O) groups is 2. The lowest BCUT2D eigenvalue weighted by molar-refractivity contribution is 0.0505. The number of benzene rings is 2. The van der Waals surface area contributed by atoms with Crippen molar-refractivity contribution in [3.63, 3.8) is 0 Å². The maximum Gasteiger partial charge on any atom is 0.338 e. The van der Waals surface area contributed by atoms with Crippen molar-refractivity contribution in [2.45, 2.75) is 19.9 Å². The second-order valence-electron chi connectivity index (χ2n) is 7.23. The van der Waals surface area contributed by atoms with Crippen molar-refractivity contribution in [2.75, 3.05) is 50.2 Å². The number of nitrogens with zero attached hydrogens (tertiary/aromatic N) is 2. The highest BCUT2D eigenvalue weighted by atomic mass is 16.5. The lowest BCUT2D eigenvalue weighted by Gasteiger charge is -2.31. The quantitative estimate of drug-likeness (QED) is 0.703. The Hall–Kier alpha value is -3.06. The van der Waals surface area contributed by atoms with Crippen molar-refractivity contribution < 1.29 is 19.1 Å². The summed E-state index contributed by atoms with van der Waals surface area (Å²) in [5.41, 5.74) is 3.32. The Kier molecular flexibility index (Phi) is 7.68. The number of hydrogen-bond acceptors (Lipinski definition) is 5. The second-order valence-corrected chi connectivity index (χ2v) is 7.23. The zero-order chi connectivity index (χ0) is 21.3. The minimum absolute atomic E-state index is 0.215. The summed E-state index contributed by atoms with van der Waals surface area (Å²) in [6.45, 7) is 5.95. The van der Waals surface area contributed by atoms with Crippen molar-refractivity contribution in [1.29, 1.82) is 0 Å². The molecule has 160 valence electrons. The van der Waals surface area contributed by atoms with Gasteiger partial charge in [0.15, 0.2) is 0 Å². The Bertz CT molecular complexity index is 848. The molecule has 30 heavy (non-hydrogen) atoms. The van der Waals surface area contributed by atoms with Crippen LogP contribution in [0, 0.1) is 0 Å². The molecule has 0 aromatic heterocycles. The molecule has 0 aliphatic carbocycles. The summed E-state index contributed by atoms with van der Waals surface area (Å²) in [7, 11) is 1.77. The number of anilines is 2. The highest BCUT2D eigenvalue weighted by Crippen LogP contribution is 2.23. The molecule has 1 aliphatic heterocycles. The predicted molar refractivity (Wildman–Crippen MR) is 117 cm³/mol. The highest BCUT2D eigenvalue weighted by molar-refractivity contribution is 5.92. The van der Waals surface area contributed by atoms with E-state index in [2.05, 4.69) is 16.3 Å². The van der Waals surface area contributed by atoms with Crippen LogP contribution in [0.15, 0.2) is 48.5 Å². The normalized spacial score (nSPS) is 13.6. The molecule has 0 unspecified atom stereocenters. The Morgan fingerprint density at radius 1 is 1.10 bits per heavy atom.